The molecule has 1 fully saturated rings. The van der Waals surface area contributed by atoms with Gasteiger partial charge < -0.3 is 10.4 Å². The molecule has 0 amide bonds. The van der Waals surface area contributed by atoms with Crippen LogP contribution in [0.5, 0.6) is 0 Å². The van der Waals surface area contributed by atoms with Crippen LogP contribution in [-0.4, -0.2) is 31.6 Å². The summed E-state index contributed by atoms with van der Waals surface area (Å²) in [5.74, 6) is -1.14. The lowest BCUT2D eigenvalue weighted by molar-refractivity contribution is 0.0696. The molecule has 0 bridgehead atoms. The van der Waals surface area contributed by atoms with Gasteiger partial charge in [-0.05, 0) is 44.4 Å². The number of carboxylic acids is 1. The van der Waals surface area contributed by atoms with Gasteiger partial charge in [-0.1, -0.05) is 26.2 Å². The summed E-state index contributed by atoms with van der Waals surface area (Å²) >= 11 is 0. The van der Waals surface area contributed by atoms with E-state index in [2.05, 4.69) is 17.0 Å². The van der Waals surface area contributed by atoms with Crippen molar-refractivity contribution in [2.75, 3.05) is 5.32 Å². The van der Waals surface area contributed by atoms with Crippen molar-refractivity contribution < 1.29 is 18.3 Å². The van der Waals surface area contributed by atoms with Crippen molar-refractivity contribution in [1.82, 2.24) is 4.72 Å². The lowest BCUT2D eigenvalue weighted by Gasteiger charge is -2.20. The topological polar surface area (TPSA) is 95.5 Å². The Hall–Kier alpha value is -1.60. The summed E-state index contributed by atoms with van der Waals surface area (Å²) in [5.41, 5.74) is 0.418. The highest BCUT2D eigenvalue weighted by molar-refractivity contribution is 7.89. The molecule has 0 radical (unpaired) electrons. The number of anilines is 1. The van der Waals surface area contributed by atoms with Crippen LogP contribution in [0.15, 0.2) is 23.1 Å². The van der Waals surface area contributed by atoms with E-state index in [0.29, 0.717) is 5.69 Å². The van der Waals surface area contributed by atoms with Crippen LogP contribution < -0.4 is 10.0 Å². The van der Waals surface area contributed by atoms with Crippen LogP contribution in [0.3, 0.4) is 0 Å². The van der Waals surface area contributed by atoms with Gasteiger partial charge in [0.05, 0.1) is 11.3 Å². The summed E-state index contributed by atoms with van der Waals surface area (Å²) in [5, 5.41) is 12.4. The quantitative estimate of drug-likeness (QED) is 0.666. The molecule has 1 aliphatic carbocycles. The largest absolute Gasteiger partial charge is 0.478 e. The van der Waals surface area contributed by atoms with Crippen molar-refractivity contribution in [3.05, 3.63) is 23.8 Å². The summed E-state index contributed by atoms with van der Waals surface area (Å²) in [6.45, 7) is 4.04. The zero-order valence-corrected chi connectivity index (χ0v) is 15.0. The SMILES string of the molecule is CCCC(C)Nc1ccc(C(=O)O)cc1S(=O)(=O)NC1CCCC1. The van der Waals surface area contributed by atoms with Gasteiger partial charge in [0.1, 0.15) is 4.90 Å². The molecule has 1 aliphatic rings. The van der Waals surface area contributed by atoms with Gasteiger partial charge >= 0.3 is 5.97 Å². The van der Waals surface area contributed by atoms with Gasteiger partial charge in [0.2, 0.25) is 10.0 Å². The average molecular weight is 354 g/mol. The molecule has 0 aromatic heterocycles. The van der Waals surface area contributed by atoms with Gasteiger partial charge in [-0.3, -0.25) is 0 Å². The van der Waals surface area contributed by atoms with Crippen molar-refractivity contribution in [1.29, 1.82) is 0 Å². The van der Waals surface area contributed by atoms with Gasteiger partial charge in [0.15, 0.2) is 0 Å². The fourth-order valence-electron chi connectivity index (χ4n) is 3.09. The Balaban J connectivity index is 2.35. The Morgan fingerprint density at radius 2 is 2.00 bits per heavy atom. The van der Waals surface area contributed by atoms with Crippen LogP contribution >= 0.6 is 0 Å². The molecule has 1 aromatic carbocycles. The zero-order chi connectivity index (χ0) is 17.7. The van der Waals surface area contributed by atoms with Gasteiger partial charge in [-0.2, -0.15) is 0 Å². The van der Waals surface area contributed by atoms with E-state index >= 15 is 0 Å². The normalized spacial score (nSPS) is 16.9. The first-order valence-corrected chi connectivity index (χ1v) is 9.98. The van der Waals surface area contributed by atoms with Crippen LogP contribution in [0.1, 0.15) is 62.7 Å². The van der Waals surface area contributed by atoms with Crippen LogP contribution in [0.2, 0.25) is 0 Å². The summed E-state index contributed by atoms with van der Waals surface area (Å²) in [7, 11) is -3.77. The number of carboxylic acid groups (broad SMARTS) is 1. The Kier molecular flexibility index (Phi) is 6.23. The molecule has 1 atom stereocenters. The standard InChI is InChI=1S/C17H26N2O4S/c1-3-6-12(2)18-15-10-9-13(17(20)21)11-16(15)24(22,23)19-14-7-4-5-8-14/h9-12,14,18-19H,3-8H2,1-2H3,(H,20,21). The fraction of sp³-hybridized carbons (Fsp3) is 0.588. The zero-order valence-electron chi connectivity index (χ0n) is 14.2. The molecular weight excluding hydrogens is 328 g/mol. The molecule has 1 saturated carbocycles. The number of hydrogen-bond acceptors (Lipinski definition) is 4. The third kappa shape index (κ3) is 4.70. The van der Waals surface area contributed by atoms with E-state index in [4.69, 9.17) is 0 Å². The van der Waals surface area contributed by atoms with Crippen LogP contribution in [0.4, 0.5) is 5.69 Å². The molecule has 0 saturated heterocycles. The van der Waals surface area contributed by atoms with Gasteiger partial charge in [0, 0.05) is 12.1 Å². The Morgan fingerprint density at radius 1 is 1.33 bits per heavy atom. The molecule has 24 heavy (non-hydrogen) atoms. The first-order valence-electron chi connectivity index (χ1n) is 8.49. The third-order valence-electron chi connectivity index (χ3n) is 4.32. The monoisotopic (exact) mass is 354 g/mol. The van der Waals surface area contributed by atoms with Crippen LogP contribution in [-0.2, 0) is 10.0 Å². The van der Waals surface area contributed by atoms with Gasteiger partial charge in [0.25, 0.3) is 0 Å². The van der Waals surface area contributed by atoms with E-state index < -0.39 is 16.0 Å². The van der Waals surface area contributed by atoms with Gasteiger partial charge in [-0.25, -0.2) is 17.9 Å². The van der Waals surface area contributed by atoms with Crippen LogP contribution in [0, 0.1) is 0 Å². The Morgan fingerprint density at radius 3 is 2.58 bits per heavy atom. The van der Waals surface area contributed by atoms with E-state index in [1.54, 1.807) is 6.07 Å². The van der Waals surface area contributed by atoms with E-state index in [1.165, 1.54) is 12.1 Å². The second-order valence-electron chi connectivity index (χ2n) is 6.45. The molecule has 1 unspecified atom stereocenters. The summed E-state index contributed by atoms with van der Waals surface area (Å²) < 4.78 is 28.3. The van der Waals surface area contributed by atoms with Crippen LogP contribution in [0.25, 0.3) is 0 Å². The predicted molar refractivity (Wildman–Crippen MR) is 94.0 cm³/mol. The number of benzene rings is 1. The molecule has 0 heterocycles. The Bertz CT molecular complexity index is 682. The molecule has 6 nitrogen and oxygen atoms in total. The van der Waals surface area contributed by atoms with Crippen molar-refractivity contribution >= 4 is 21.7 Å². The van der Waals surface area contributed by atoms with Gasteiger partial charge in [-0.15, -0.1) is 0 Å². The highest BCUT2D eigenvalue weighted by atomic mass is 32.2. The second-order valence-corrected chi connectivity index (χ2v) is 8.14. The van der Waals surface area contributed by atoms with E-state index in [0.717, 1.165) is 38.5 Å². The highest BCUT2D eigenvalue weighted by Crippen LogP contribution is 2.27. The van der Waals surface area contributed by atoms with Crippen molar-refractivity contribution in [3.63, 3.8) is 0 Å². The summed E-state index contributed by atoms with van der Waals surface area (Å²) in [6.07, 6.45) is 5.56. The molecule has 3 N–H and O–H groups in total. The second kappa shape index (κ2) is 7.98. The molecular formula is C17H26N2O4S. The van der Waals surface area contributed by atoms with Crippen molar-refractivity contribution in [2.24, 2.45) is 0 Å². The summed E-state index contributed by atoms with van der Waals surface area (Å²) in [4.78, 5) is 11.2. The van der Waals surface area contributed by atoms with E-state index in [1.807, 2.05) is 6.92 Å². The molecule has 2 rings (SSSR count). The molecule has 134 valence electrons. The molecule has 1 aromatic rings. The maximum atomic E-state index is 12.8. The Labute approximate surface area is 143 Å². The molecule has 0 spiro atoms. The smallest absolute Gasteiger partial charge is 0.335 e. The lowest BCUT2D eigenvalue weighted by atomic mass is 10.1. The number of carbonyl (C=O) groups is 1. The molecule has 7 heteroatoms. The highest BCUT2D eigenvalue weighted by Gasteiger charge is 2.26. The maximum Gasteiger partial charge on any atom is 0.335 e. The minimum atomic E-state index is -3.77. The number of sulfonamides is 1. The van der Waals surface area contributed by atoms with Crippen molar-refractivity contribution in [3.8, 4) is 0 Å². The number of rotatable bonds is 8. The minimum Gasteiger partial charge on any atom is -0.478 e. The third-order valence-corrected chi connectivity index (χ3v) is 5.88. The summed E-state index contributed by atoms with van der Waals surface area (Å²) in [6, 6.07) is 4.24. The fourth-order valence-corrected chi connectivity index (χ4v) is 4.59. The average Bonchev–Trinajstić information content (AvgIpc) is 2.99. The van der Waals surface area contributed by atoms with E-state index in [-0.39, 0.29) is 22.5 Å². The van der Waals surface area contributed by atoms with E-state index in [9.17, 15) is 18.3 Å². The lowest BCUT2D eigenvalue weighted by Crippen LogP contribution is -2.33. The predicted octanol–water partition coefficient (Wildman–Crippen LogP) is 3.21. The number of aromatic carboxylic acids is 1. The maximum absolute atomic E-state index is 12.8. The number of nitrogens with one attached hydrogen (secondary N) is 2. The number of hydrogen-bond donors (Lipinski definition) is 3. The minimum absolute atomic E-state index is 0.0113. The first kappa shape index (κ1) is 18.7. The first-order chi connectivity index (χ1) is 11.3. The molecule has 0 aliphatic heterocycles. The van der Waals surface area contributed by atoms with Crippen molar-refractivity contribution in [2.45, 2.75) is 69.4 Å².